The van der Waals surface area contributed by atoms with Crippen LogP contribution in [0.1, 0.15) is 22.3 Å². The van der Waals surface area contributed by atoms with Crippen molar-refractivity contribution in [3.05, 3.63) is 45.8 Å². The predicted octanol–water partition coefficient (Wildman–Crippen LogP) is 3.22. The smallest absolute Gasteiger partial charge is 0.153 e. The van der Waals surface area contributed by atoms with E-state index in [4.69, 9.17) is 10.3 Å². The molecule has 0 aliphatic heterocycles. The van der Waals surface area contributed by atoms with Crippen molar-refractivity contribution < 1.29 is 9.53 Å². The third-order valence-electron chi connectivity index (χ3n) is 2.15. The highest BCUT2D eigenvalue weighted by molar-refractivity contribution is 5.80. The number of nitrogens with zero attached hydrogens (tertiary/aromatic N) is 3. The van der Waals surface area contributed by atoms with E-state index >= 15 is 0 Å². The fraction of sp³-hybridized carbons (Fsp3) is 0.250. The first-order chi connectivity index (χ1) is 8.31. The SMILES string of the molecule is COc1ccc(C=CCCN=[N+]=[N-])cc1C=O. The number of azide groups is 1. The molecule has 0 N–H and O–H groups in total. The van der Waals surface area contributed by atoms with Gasteiger partial charge in [0.25, 0.3) is 0 Å². The summed E-state index contributed by atoms with van der Waals surface area (Å²) in [5.74, 6) is 0.561. The molecular formula is C12H13N3O2. The first-order valence-electron chi connectivity index (χ1n) is 5.12. The molecular weight excluding hydrogens is 218 g/mol. The molecule has 0 radical (unpaired) electrons. The largest absolute Gasteiger partial charge is 0.496 e. The molecule has 5 heteroatoms. The van der Waals surface area contributed by atoms with E-state index in [1.165, 1.54) is 7.11 Å². The van der Waals surface area contributed by atoms with E-state index < -0.39 is 0 Å². The number of rotatable bonds is 6. The van der Waals surface area contributed by atoms with Crippen LogP contribution in [-0.2, 0) is 0 Å². The molecule has 5 nitrogen and oxygen atoms in total. The number of carbonyl (C=O) groups excluding carboxylic acids is 1. The van der Waals surface area contributed by atoms with Crippen LogP contribution in [-0.4, -0.2) is 19.9 Å². The zero-order chi connectivity index (χ0) is 12.5. The summed E-state index contributed by atoms with van der Waals surface area (Å²) in [5, 5.41) is 3.42. The molecule has 0 saturated heterocycles. The van der Waals surface area contributed by atoms with Gasteiger partial charge < -0.3 is 4.74 Å². The fourth-order valence-electron chi connectivity index (χ4n) is 1.35. The first-order valence-corrected chi connectivity index (χ1v) is 5.12. The van der Waals surface area contributed by atoms with Crippen LogP contribution in [0.25, 0.3) is 16.5 Å². The van der Waals surface area contributed by atoms with Crippen molar-refractivity contribution in [2.75, 3.05) is 13.7 Å². The standard InChI is InChI=1S/C12H13N3O2/c1-17-12-6-5-10(8-11(12)9-16)4-2-3-7-14-15-13/h2,4-6,8-9H,3,7H2,1H3. The van der Waals surface area contributed by atoms with Crippen molar-refractivity contribution >= 4 is 12.4 Å². The molecule has 0 aliphatic rings. The summed E-state index contributed by atoms with van der Waals surface area (Å²) in [4.78, 5) is 13.5. The zero-order valence-corrected chi connectivity index (χ0v) is 9.54. The van der Waals surface area contributed by atoms with Crippen LogP contribution in [0.5, 0.6) is 5.75 Å². The van der Waals surface area contributed by atoms with Crippen LogP contribution in [0.2, 0.25) is 0 Å². The predicted molar refractivity (Wildman–Crippen MR) is 66.0 cm³/mol. The Morgan fingerprint density at radius 3 is 3.00 bits per heavy atom. The van der Waals surface area contributed by atoms with E-state index in [0.29, 0.717) is 24.3 Å². The summed E-state index contributed by atoms with van der Waals surface area (Å²) in [6.07, 6.45) is 5.20. The Morgan fingerprint density at radius 2 is 2.35 bits per heavy atom. The lowest BCUT2D eigenvalue weighted by Crippen LogP contribution is -1.90. The van der Waals surface area contributed by atoms with Gasteiger partial charge in [-0.05, 0) is 29.6 Å². The molecule has 0 fully saturated rings. The summed E-state index contributed by atoms with van der Waals surface area (Å²) < 4.78 is 5.04. The lowest BCUT2D eigenvalue weighted by Gasteiger charge is -2.03. The van der Waals surface area contributed by atoms with E-state index in [1.807, 2.05) is 18.2 Å². The molecule has 0 amide bonds. The minimum absolute atomic E-state index is 0.434. The third kappa shape index (κ3) is 4.01. The molecule has 17 heavy (non-hydrogen) atoms. The van der Waals surface area contributed by atoms with Crippen LogP contribution in [0.15, 0.2) is 29.4 Å². The summed E-state index contributed by atoms with van der Waals surface area (Å²) >= 11 is 0. The highest BCUT2D eigenvalue weighted by atomic mass is 16.5. The van der Waals surface area contributed by atoms with Crippen molar-refractivity contribution in [2.24, 2.45) is 5.11 Å². The zero-order valence-electron chi connectivity index (χ0n) is 9.54. The van der Waals surface area contributed by atoms with Crippen molar-refractivity contribution in [3.8, 4) is 5.75 Å². The van der Waals surface area contributed by atoms with Gasteiger partial charge in [-0.25, -0.2) is 0 Å². The number of carbonyl (C=O) groups is 1. The van der Waals surface area contributed by atoms with Gasteiger partial charge in [0.15, 0.2) is 6.29 Å². The summed E-state index contributed by atoms with van der Waals surface area (Å²) in [5.41, 5.74) is 9.52. The number of ether oxygens (including phenoxy) is 1. The molecule has 1 aromatic carbocycles. The lowest BCUT2D eigenvalue weighted by atomic mass is 10.1. The van der Waals surface area contributed by atoms with E-state index in [2.05, 4.69) is 10.0 Å². The molecule has 0 unspecified atom stereocenters. The molecule has 0 atom stereocenters. The molecule has 0 aliphatic carbocycles. The van der Waals surface area contributed by atoms with Gasteiger partial charge in [0.1, 0.15) is 5.75 Å². The lowest BCUT2D eigenvalue weighted by molar-refractivity contribution is 0.112. The summed E-state index contributed by atoms with van der Waals surface area (Å²) in [6.45, 7) is 0.434. The van der Waals surface area contributed by atoms with Gasteiger partial charge in [-0.15, -0.1) is 0 Å². The van der Waals surface area contributed by atoms with Gasteiger partial charge in [0.05, 0.1) is 12.7 Å². The van der Waals surface area contributed by atoms with Crippen LogP contribution < -0.4 is 4.74 Å². The average Bonchev–Trinajstić information content (AvgIpc) is 2.38. The highest BCUT2D eigenvalue weighted by Gasteiger charge is 2.00. The van der Waals surface area contributed by atoms with Gasteiger partial charge >= 0.3 is 0 Å². The van der Waals surface area contributed by atoms with Crippen molar-refractivity contribution in [1.29, 1.82) is 0 Å². The number of methoxy groups -OCH3 is 1. The van der Waals surface area contributed by atoms with Crippen molar-refractivity contribution in [1.82, 2.24) is 0 Å². The Balaban J connectivity index is 2.71. The van der Waals surface area contributed by atoms with Gasteiger partial charge in [0, 0.05) is 11.5 Å². The van der Waals surface area contributed by atoms with Gasteiger partial charge in [-0.1, -0.05) is 23.3 Å². The topological polar surface area (TPSA) is 75.1 Å². The average molecular weight is 231 g/mol. The number of hydrogen-bond donors (Lipinski definition) is 0. The normalized spacial score (nSPS) is 9.94. The second-order valence-electron chi connectivity index (χ2n) is 3.26. The summed E-state index contributed by atoms with van der Waals surface area (Å²) in [6, 6.07) is 5.35. The Hall–Kier alpha value is -2.26. The Bertz CT molecular complexity index is 463. The van der Waals surface area contributed by atoms with Gasteiger partial charge in [-0.3, -0.25) is 4.79 Å². The summed E-state index contributed by atoms with van der Waals surface area (Å²) in [7, 11) is 1.53. The molecule has 0 bridgehead atoms. The number of aldehydes is 1. The second-order valence-corrected chi connectivity index (χ2v) is 3.26. The van der Waals surface area contributed by atoms with Crippen molar-refractivity contribution in [3.63, 3.8) is 0 Å². The van der Waals surface area contributed by atoms with Gasteiger partial charge in [-0.2, -0.15) is 0 Å². The molecule has 0 heterocycles. The maximum absolute atomic E-state index is 10.8. The minimum Gasteiger partial charge on any atom is -0.496 e. The number of benzene rings is 1. The van der Waals surface area contributed by atoms with E-state index in [0.717, 1.165) is 11.8 Å². The monoisotopic (exact) mass is 231 g/mol. The molecule has 88 valence electrons. The van der Waals surface area contributed by atoms with E-state index in [1.54, 1.807) is 12.1 Å². The third-order valence-corrected chi connectivity index (χ3v) is 2.15. The molecule has 0 spiro atoms. The van der Waals surface area contributed by atoms with E-state index in [9.17, 15) is 4.79 Å². The van der Waals surface area contributed by atoms with Crippen LogP contribution in [0, 0.1) is 0 Å². The fourth-order valence-corrected chi connectivity index (χ4v) is 1.35. The van der Waals surface area contributed by atoms with Gasteiger partial charge in [0.2, 0.25) is 0 Å². The van der Waals surface area contributed by atoms with E-state index in [-0.39, 0.29) is 0 Å². The molecule has 0 aromatic heterocycles. The Labute approximate surface area is 99.3 Å². The first kappa shape index (κ1) is 12.8. The molecule has 1 rings (SSSR count). The maximum atomic E-state index is 10.8. The highest BCUT2D eigenvalue weighted by Crippen LogP contribution is 2.18. The van der Waals surface area contributed by atoms with Crippen LogP contribution in [0.3, 0.4) is 0 Å². The maximum Gasteiger partial charge on any atom is 0.153 e. The number of hydrogen-bond acceptors (Lipinski definition) is 3. The Kier molecular flexibility index (Phi) is 5.34. The quantitative estimate of drug-likeness (QED) is 0.248. The Morgan fingerprint density at radius 1 is 1.53 bits per heavy atom. The van der Waals surface area contributed by atoms with Crippen LogP contribution >= 0.6 is 0 Å². The van der Waals surface area contributed by atoms with Crippen molar-refractivity contribution in [2.45, 2.75) is 6.42 Å². The molecule has 1 aromatic rings. The van der Waals surface area contributed by atoms with Crippen LogP contribution in [0.4, 0.5) is 0 Å². The second kappa shape index (κ2) is 7.09. The molecule has 0 saturated carbocycles. The minimum atomic E-state index is 0.434.